The largest absolute Gasteiger partial charge is 0.493 e. The van der Waals surface area contributed by atoms with Gasteiger partial charge in [-0.2, -0.15) is 0 Å². The lowest BCUT2D eigenvalue weighted by molar-refractivity contribution is -0.141. The third kappa shape index (κ3) is 5.82. The molecule has 4 heterocycles. The van der Waals surface area contributed by atoms with Crippen LogP contribution < -0.4 is 10.1 Å². The Morgan fingerprint density at radius 3 is 2.83 bits per heavy atom. The summed E-state index contributed by atoms with van der Waals surface area (Å²) in [7, 11) is 1.45. The maximum absolute atomic E-state index is 12.9. The van der Waals surface area contributed by atoms with Gasteiger partial charge >= 0.3 is 5.97 Å². The molecule has 3 aliphatic heterocycles. The number of benzene rings is 1. The van der Waals surface area contributed by atoms with Crippen LogP contribution in [0.3, 0.4) is 0 Å². The highest BCUT2D eigenvalue weighted by Gasteiger charge is 2.28. The fraction of sp³-hybridized carbons (Fsp3) is 0.552. The monoisotopic (exact) mass is 491 g/mol. The van der Waals surface area contributed by atoms with E-state index in [2.05, 4.69) is 35.6 Å². The van der Waals surface area contributed by atoms with E-state index in [1.54, 1.807) is 0 Å². The fourth-order valence-corrected chi connectivity index (χ4v) is 5.78. The van der Waals surface area contributed by atoms with Crippen LogP contribution in [0, 0.1) is 5.92 Å². The number of amides is 1. The number of nitrogens with zero attached hydrogens (tertiary/aromatic N) is 2. The van der Waals surface area contributed by atoms with Crippen molar-refractivity contribution in [1.29, 1.82) is 0 Å². The van der Waals surface area contributed by atoms with Crippen molar-refractivity contribution in [2.75, 3.05) is 38.7 Å². The molecule has 1 unspecified atom stereocenters. The summed E-state index contributed by atoms with van der Waals surface area (Å²) in [6, 6.07) is 10.6. The normalized spacial score (nSPS) is 18.0. The van der Waals surface area contributed by atoms with Crippen LogP contribution in [0.1, 0.15) is 66.8 Å². The van der Waals surface area contributed by atoms with Crippen molar-refractivity contribution in [2.24, 2.45) is 5.92 Å². The first-order valence-electron chi connectivity index (χ1n) is 13.4. The van der Waals surface area contributed by atoms with Crippen LogP contribution in [-0.4, -0.2) is 55.1 Å². The minimum Gasteiger partial charge on any atom is -0.493 e. The zero-order chi connectivity index (χ0) is 24.9. The fourth-order valence-electron chi connectivity index (χ4n) is 5.78. The zero-order valence-electron chi connectivity index (χ0n) is 21.3. The molecule has 1 fully saturated rings. The van der Waals surface area contributed by atoms with E-state index in [0.717, 1.165) is 87.6 Å². The van der Waals surface area contributed by atoms with Crippen molar-refractivity contribution in [1.82, 2.24) is 9.88 Å². The summed E-state index contributed by atoms with van der Waals surface area (Å²) in [5.41, 5.74) is 4.64. The molecule has 0 bridgehead atoms. The van der Waals surface area contributed by atoms with Gasteiger partial charge in [0.1, 0.15) is 11.6 Å². The number of esters is 1. The molecule has 1 amide bonds. The van der Waals surface area contributed by atoms with E-state index in [4.69, 9.17) is 14.5 Å². The molecule has 0 spiro atoms. The number of likely N-dealkylation sites (tertiary alicyclic amines) is 1. The van der Waals surface area contributed by atoms with E-state index in [9.17, 15) is 9.59 Å². The molecule has 36 heavy (non-hydrogen) atoms. The van der Waals surface area contributed by atoms with Gasteiger partial charge in [-0.15, -0.1) is 0 Å². The Labute approximate surface area is 213 Å². The second-order valence-electron chi connectivity index (χ2n) is 10.3. The number of pyridine rings is 1. The molecule has 0 saturated carbocycles. The highest BCUT2D eigenvalue weighted by molar-refractivity contribution is 5.76. The Morgan fingerprint density at radius 2 is 2.00 bits per heavy atom. The Balaban J connectivity index is 1.13. The van der Waals surface area contributed by atoms with Gasteiger partial charge in [0.15, 0.2) is 0 Å². The lowest BCUT2D eigenvalue weighted by Gasteiger charge is -2.34. The number of carbonyl (C=O) groups excluding carboxylic acids is 2. The SMILES string of the molecule is COC(=O)CC(CC1CCN(C(=O)CCc2ccc3c(n2)NCCC3)CC1)c1ccc2c(c1)OCC2. The maximum Gasteiger partial charge on any atom is 0.306 e. The summed E-state index contributed by atoms with van der Waals surface area (Å²) in [6.07, 6.45) is 7.56. The van der Waals surface area contributed by atoms with E-state index < -0.39 is 0 Å². The predicted octanol–water partition coefficient (Wildman–Crippen LogP) is 4.28. The summed E-state index contributed by atoms with van der Waals surface area (Å²) >= 11 is 0. The average Bonchev–Trinajstić information content (AvgIpc) is 3.39. The Kier molecular flexibility index (Phi) is 7.73. The quantitative estimate of drug-likeness (QED) is 0.555. The minimum atomic E-state index is -0.181. The number of rotatable bonds is 8. The number of aromatic nitrogens is 1. The molecule has 5 rings (SSSR count). The lowest BCUT2D eigenvalue weighted by Crippen LogP contribution is -2.39. The summed E-state index contributed by atoms with van der Waals surface area (Å²) < 4.78 is 10.8. The van der Waals surface area contributed by atoms with Crippen LogP contribution in [0.2, 0.25) is 0 Å². The van der Waals surface area contributed by atoms with Gasteiger partial charge < -0.3 is 19.7 Å². The van der Waals surface area contributed by atoms with Crippen LogP contribution >= 0.6 is 0 Å². The molecule has 0 radical (unpaired) electrons. The van der Waals surface area contributed by atoms with Crippen LogP contribution in [0.25, 0.3) is 0 Å². The molecule has 7 nitrogen and oxygen atoms in total. The molecule has 1 aromatic carbocycles. The first-order chi connectivity index (χ1) is 17.6. The number of aryl methyl sites for hydroxylation is 2. The summed E-state index contributed by atoms with van der Waals surface area (Å²) in [4.78, 5) is 31.8. The maximum atomic E-state index is 12.9. The third-order valence-electron chi connectivity index (χ3n) is 7.96. The van der Waals surface area contributed by atoms with Gasteiger partial charge in [0, 0.05) is 38.2 Å². The lowest BCUT2D eigenvalue weighted by atomic mass is 9.82. The second kappa shape index (κ2) is 11.3. The van der Waals surface area contributed by atoms with Crippen molar-refractivity contribution in [3.63, 3.8) is 0 Å². The van der Waals surface area contributed by atoms with E-state index in [-0.39, 0.29) is 17.8 Å². The number of hydrogen-bond donors (Lipinski definition) is 1. The second-order valence-corrected chi connectivity index (χ2v) is 10.3. The first kappa shape index (κ1) is 24.6. The number of fused-ring (bicyclic) bond motifs is 2. The highest BCUT2D eigenvalue weighted by Crippen LogP contribution is 2.36. The van der Waals surface area contributed by atoms with Crippen molar-refractivity contribution in [3.8, 4) is 5.75 Å². The number of ether oxygens (including phenoxy) is 2. The van der Waals surface area contributed by atoms with Crippen LogP contribution in [0.5, 0.6) is 5.75 Å². The average molecular weight is 492 g/mol. The van der Waals surface area contributed by atoms with Crippen molar-refractivity contribution in [3.05, 3.63) is 52.7 Å². The Morgan fingerprint density at radius 1 is 1.17 bits per heavy atom. The van der Waals surface area contributed by atoms with E-state index >= 15 is 0 Å². The first-order valence-corrected chi connectivity index (χ1v) is 13.4. The highest BCUT2D eigenvalue weighted by atomic mass is 16.5. The van der Waals surface area contributed by atoms with Gasteiger partial charge in [-0.3, -0.25) is 9.59 Å². The summed E-state index contributed by atoms with van der Waals surface area (Å²) in [5.74, 6) is 2.55. The molecule has 2 aromatic rings. The van der Waals surface area contributed by atoms with Gasteiger partial charge in [-0.25, -0.2) is 4.98 Å². The number of nitrogens with one attached hydrogen (secondary N) is 1. The minimum absolute atomic E-state index is 0.0999. The smallest absolute Gasteiger partial charge is 0.306 e. The number of piperidine rings is 1. The Bertz CT molecular complexity index is 1090. The van der Waals surface area contributed by atoms with Crippen molar-refractivity contribution >= 4 is 17.7 Å². The van der Waals surface area contributed by atoms with Crippen LogP contribution in [0.15, 0.2) is 30.3 Å². The molecular weight excluding hydrogens is 454 g/mol. The number of anilines is 1. The van der Waals surface area contributed by atoms with Crippen molar-refractivity contribution < 1.29 is 19.1 Å². The molecule has 3 aliphatic rings. The molecular formula is C29H37N3O4. The number of methoxy groups -OCH3 is 1. The van der Waals surface area contributed by atoms with Gasteiger partial charge in [0.2, 0.25) is 5.91 Å². The number of hydrogen-bond acceptors (Lipinski definition) is 6. The summed E-state index contributed by atoms with van der Waals surface area (Å²) in [6.45, 7) is 3.26. The molecule has 1 N–H and O–H groups in total. The van der Waals surface area contributed by atoms with Gasteiger partial charge in [0.05, 0.1) is 20.1 Å². The molecule has 192 valence electrons. The van der Waals surface area contributed by atoms with E-state index in [0.29, 0.717) is 25.2 Å². The van der Waals surface area contributed by atoms with Gasteiger partial charge in [0.25, 0.3) is 0 Å². The van der Waals surface area contributed by atoms with Crippen LogP contribution in [-0.2, 0) is 33.6 Å². The Hall–Kier alpha value is -3.09. The van der Waals surface area contributed by atoms with Gasteiger partial charge in [-0.1, -0.05) is 18.2 Å². The van der Waals surface area contributed by atoms with Crippen LogP contribution in [0.4, 0.5) is 5.82 Å². The zero-order valence-corrected chi connectivity index (χ0v) is 21.3. The number of carbonyl (C=O) groups is 2. The molecule has 1 atom stereocenters. The third-order valence-corrected chi connectivity index (χ3v) is 7.96. The topological polar surface area (TPSA) is 80.8 Å². The standard InChI is InChI=1S/C29H37N3O4/c1-35-28(34)19-24(23-5-4-21-12-16-36-26(21)18-23)17-20-10-14-32(15-11-20)27(33)9-8-25-7-6-22-3-2-13-30-29(22)31-25/h4-7,18,20,24H,2-3,8-17,19H2,1H3,(H,30,31). The summed E-state index contributed by atoms with van der Waals surface area (Å²) in [5, 5.41) is 3.37. The van der Waals surface area contributed by atoms with Gasteiger partial charge in [-0.05, 0) is 79.2 Å². The molecule has 0 aliphatic carbocycles. The molecule has 1 aromatic heterocycles. The predicted molar refractivity (Wildman–Crippen MR) is 138 cm³/mol. The molecule has 7 heteroatoms. The van der Waals surface area contributed by atoms with E-state index in [1.165, 1.54) is 18.2 Å². The molecule has 1 saturated heterocycles. The van der Waals surface area contributed by atoms with Crippen molar-refractivity contribution in [2.45, 2.75) is 63.7 Å². The van der Waals surface area contributed by atoms with E-state index in [1.807, 2.05) is 4.90 Å².